The first kappa shape index (κ1) is 23.4. The van der Waals surface area contributed by atoms with Crippen LogP contribution in [0.15, 0.2) is 59.7 Å². The first-order valence-electron chi connectivity index (χ1n) is 10.6. The van der Waals surface area contributed by atoms with Crippen molar-refractivity contribution in [2.45, 2.75) is 13.0 Å². The molecular formula is C23H23FN8O3. The van der Waals surface area contributed by atoms with Gasteiger partial charge in [-0.1, -0.05) is 0 Å². The van der Waals surface area contributed by atoms with Crippen molar-refractivity contribution < 1.29 is 13.9 Å². The summed E-state index contributed by atoms with van der Waals surface area (Å²) in [6.45, 7) is 2.11. The number of hydrogen-bond acceptors (Lipinski definition) is 8. The Bertz CT molecular complexity index is 1390. The minimum atomic E-state index is -0.944. The van der Waals surface area contributed by atoms with Gasteiger partial charge >= 0.3 is 5.69 Å². The van der Waals surface area contributed by atoms with Crippen molar-refractivity contribution in [2.75, 3.05) is 19.0 Å². The third-order valence-electron chi connectivity index (χ3n) is 5.05. The molecule has 11 nitrogen and oxygen atoms in total. The second kappa shape index (κ2) is 10.0. The summed E-state index contributed by atoms with van der Waals surface area (Å²) in [5.41, 5.74) is 6.19. The highest BCUT2D eigenvalue weighted by atomic mass is 19.1. The van der Waals surface area contributed by atoms with E-state index in [4.69, 9.17) is 20.6 Å². The van der Waals surface area contributed by atoms with Gasteiger partial charge in [0.15, 0.2) is 17.3 Å². The molecule has 12 heteroatoms. The van der Waals surface area contributed by atoms with Gasteiger partial charge in [0.25, 0.3) is 5.95 Å². The van der Waals surface area contributed by atoms with Gasteiger partial charge in [-0.05, 0) is 43.3 Å². The number of hydrogen-bond donors (Lipinski definition) is 4. The summed E-state index contributed by atoms with van der Waals surface area (Å²) in [5, 5.41) is 15.1. The Labute approximate surface area is 199 Å². The van der Waals surface area contributed by atoms with Gasteiger partial charge in [-0.3, -0.25) is 10.4 Å². The van der Waals surface area contributed by atoms with Crippen molar-refractivity contribution in [3.63, 3.8) is 0 Å². The normalized spacial score (nSPS) is 11.6. The molecule has 4 aromatic rings. The number of halogens is 1. The summed E-state index contributed by atoms with van der Waals surface area (Å²) in [7, 11) is 1.45. The van der Waals surface area contributed by atoms with Crippen LogP contribution in [0.1, 0.15) is 29.9 Å². The van der Waals surface area contributed by atoms with Crippen LogP contribution in [0.2, 0.25) is 0 Å². The van der Waals surface area contributed by atoms with E-state index in [0.717, 1.165) is 4.68 Å². The second-order valence-electron chi connectivity index (χ2n) is 7.30. The summed E-state index contributed by atoms with van der Waals surface area (Å²) >= 11 is 0. The van der Waals surface area contributed by atoms with Crippen molar-refractivity contribution >= 4 is 11.5 Å². The smallest absolute Gasteiger partial charge is 0.350 e. The molecule has 0 bridgehead atoms. The maximum Gasteiger partial charge on any atom is 0.350 e. The second-order valence-corrected chi connectivity index (χ2v) is 7.30. The summed E-state index contributed by atoms with van der Waals surface area (Å²) in [6.07, 6.45) is 2.96. The quantitative estimate of drug-likeness (QED) is 0.211. The molecule has 0 radical (unpaired) electrons. The number of aromatic amines is 1. The Morgan fingerprint density at radius 2 is 1.94 bits per heavy atom. The van der Waals surface area contributed by atoms with Crippen LogP contribution in [0.5, 0.6) is 11.5 Å². The Balaban J connectivity index is 1.82. The van der Waals surface area contributed by atoms with Crippen LogP contribution in [0, 0.1) is 11.2 Å². The average molecular weight is 478 g/mol. The molecule has 0 aliphatic heterocycles. The van der Waals surface area contributed by atoms with Crippen molar-refractivity contribution in [3.05, 3.63) is 88.1 Å². The van der Waals surface area contributed by atoms with Crippen LogP contribution in [0.25, 0.3) is 5.95 Å². The van der Waals surface area contributed by atoms with E-state index < -0.39 is 17.5 Å². The van der Waals surface area contributed by atoms with Crippen LogP contribution in [-0.2, 0) is 0 Å². The highest BCUT2D eigenvalue weighted by molar-refractivity contribution is 5.95. The standard InChI is InChI=1S/C23H23FN8O3/c1-3-35-18-12-16(24)15(11-17(18)34-2)19(29-14-7-5-13(6-8-14)20(25)26)21-30-23(33)32(31-21)22-27-9-4-10-28-22/h4-12,19,29H,3H2,1-2H3,(H3,25,26)(H,30,31,33). The molecule has 4 rings (SSSR count). The predicted molar refractivity (Wildman–Crippen MR) is 127 cm³/mol. The number of aromatic nitrogens is 5. The third-order valence-corrected chi connectivity index (χ3v) is 5.05. The maximum atomic E-state index is 15.4. The summed E-state index contributed by atoms with van der Waals surface area (Å²) in [4.78, 5) is 23.4. The summed E-state index contributed by atoms with van der Waals surface area (Å²) in [6, 6.07) is 10.0. The molecule has 1 unspecified atom stereocenters. The number of amidine groups is 1. The zero-order valence-corrected chi connectivity index (χ0v) is 18.9. The average Bonchev–Trinajstić information content (AvgIpc) is 3.25. The molecule has 35 heavy (non-hydrogen) atoms. The van der Waals surface area contributed by atoms with Gasteiger partial charge in [0, 0.05) is 35.3 Å². The molecule has 0 saturated carbocycles. The van der Waals surface area contributed by atoms with Crippen LogP contribution in [0.4, 0.5) is 10.1 Å². The van der Waals surface area contributed by atoms with Gasteiger partial charge in [0.1, 0.15) is 17.7 Å². The van der Waals surface area contributed by atoms with Gasteiger partial charge in [-0.15, -0.1) is 9.78 Å². The van der Waals surface area contributed by atoms with E-state index in [1.165, 1.54) is 31.6 Å². The fraction of sp³-hybridized carbons (Fsp3) is 0.174. The molecular weight excluding hydrogens is 455 g/mol. The number of anilines is 1. The number of benzene rings is 2. The Morgan fingerprint density at radius 1 is 1.23 bits per heavy atom. The fourth-order valence-electron chi connectivity index (χ4n) is 3.41. The highest BCUT2D eigenvalue weighted by Crippen LogP contribution is 2.35. The van der Waals surface area contributed by atoms with E-state index in [1.807, 2.05) is 0 Å². The molecule has 0 saturated heterocycles. The van der Waals surface area contributed by atoms with Gasteiger partial charge in [0.05, 0.1) is 13.7 Å². The van der Waals surface area contributed by atoms with Gasteiger partial charge in [-0.25, -0.2) is 19.2 Å². The van der Waals surface area contributed by atoms with E-state index in [-0.39, 0.29) is 28.9 Å². The number of nitrogens with one attached hydrogen (secondary N) is 3. The lowest BCUT2D eigenvalue weighted by Crippen LogP contribution is -2.18. The molecule has 0 aliphatic rings. The van der Waals surface area contributed by atoms with Gasteiger partial charge in [-0.2, -0.15) is 0 Å². The zero-order valence-electron chi connectivity index (χ0n) is 18.9. The van der Waals surface area contributed by atoms with E-state index in [2.05, 4.69) is 25.4 Å². The lowest BCUT2D eigenvalue weighted by molar-refractivity contribution is 0.308. The summed E-state index contributed by atoms with van der Waals surface area (Å²) in [5.74, 6) is 0.0602. The van der Waals surface area contributed by atoms with Crippen molar-refractivity contribution in [2.24, 2.45) is 5.73 Å². The van der Waals surface area contributed by atoms with E-state index in [0.29, 0.717) is 23.6 Å². The predicted octanol–water partition coefficient (Wildman–Crippen LogP) is 2.38. The number of methoxy groups -OCH3 is 1. The maximum absolute atomic E-state index is 15.4. The Morgan fingerprint density at radius 3 is 2.57 bits per heavy atom. The van der Waals surface area contributed by atoms with E-state index >= 15 is 4.39 Å². The molecule has 0 amide bonds. The first-order chi connectivity index (χ1) is 16.9. The summed E-state index contributed by atoms with van der Waals surface area (Å²) < 4.78 is 27.2. The first-order valence-corrected chi connectivity index (χ1v) is 10.6. The molecule has 0 spiro atoms. The monoisotopic (exact) mass is 478 g/mol. The van der Waals surface area contributed by atoms with Gasteiger partial charge in [0.2, 0.25) is 0 Å². The fourth-order valence-corrected chi connectivity index (χ4v) is 3.41. The topological polar surface area (TPSA) is 157 Å². The van der Waals surface area contributed by atoms with E-state index in [1.54, 1.807) is 37.3 Å². The molecule has 2 aromatic carbocycles. The Hall–Kier alpha value is -4.74. The number of nitrogens with zero attached hydrogens (tertiary/aromatic N) is 4. The number of ether oxygens (including phenoxy) is 2. The molecule has 2 aromatic heterocycles. The van der Waals surface area contributed by atoms with Crippen LogP contribution >= 0.6 is 0 Å². The third kappa shape index (κ3) is 4.95. The van der Waals surface area contributed by atoms with Gasteiger partial charge < -0.3 is 20.5 Å². The lowest BCUT2D eigenvalue weighted by atomic mass is 10.0. The zero-order chi connectivity index (χ0) is 24.9. The molecule has 180 valence electrons. The number of nitrogen functional groups attached to an aromatic ring is 1. The molecule has 5 N–H and O–H groups in total. The van der Waals surface area contributed by atoms with Crippen LogP contribution in [0.3, 0.4) is 0 Å². The van der Waals surface area contributed by atoms with E-state index in [9.17, 15) is 4.79 Å². The lowest BCUT2D eigenvalue weighted by Gasteiger charge is -2.21. The Kier molecular flexibility index (Phi) is 6.71. The molecule has 1 atom stereocenters. The van der Waals surface area contributed by atoms with Crippen molar-refractivity contribution in [1.29, 1.82) is 5.41 Å². The van der Waals surface area contributed by atoms with Crippen LogP contribution < -0.4 is 26.2 Å². The van der Waals surface area contributed by atoms with Crippen molar-refractivity contribution in [1.82, 2.24) is 24.7 Å². The minimum absolute atomic E-state index is 0.0642. The largest absolute Gasteiger partial charge is 0.493 e. The molecule has 0 aliphatic carbocycles. The minimum Gasteiger partial charge on any atom is -0.493 e. The van der Waals surface area contributed by atoms with Crippen LogP contribution in [-0.4, -0.2) is 44.3 Å². The highest BCUT2D eigenvalue weighted by Gasteiger charge is 2.26. The molecule has 2 heterocycles. The number of rotatable bonds is 9. The SMILES string of the molecule is CCOc1cc(F)c(C(Nc2ccc(C(=N)N)cc2)c2nn(-c3ncccn3)c(=O)[nH]2)cc1OC. The number of nitrogens with two attached hydrogens (primary N) is 1. The number of H-pyrrole nitrogens is 1. The molecule has 0 fully saturated rings. The van der Waals surface area contributed by atoms with Crippen molar-refractivity contribution in [3.8, 4) is 17.4 Å².